The molecule has 2 heterocycles. The van der Waals surface area contributed by atoms with Crippen LogP contribution >= 0.6 is 0 Å². The number of ether oxygens (including phenoxy) is 1. The van der Waals surface area contributed by atoms with Gasteiger partial charge in [0.05, 0.1) is 12.0 Å². The van der Waals surface area contributed by atoms with Crippen molar-refractivity contribution in [1.29, 1.82) is 0 Å². The Labute approximate surface area is 137 Å². The standard InChI is InChI=1S/C15H17N3O6/c1-8(2)13-12(9(3)18-24-13)15(21)23-7-11(19)16-17-14(20)10-5-4-6-22-10/h4-6,8H,7H2,1-3H3,(H,16,19)(H,17,20). The lowest BCUT2D eigenvalue weighted by Gasteiger charge is -2.08. The van der Waals surface area contributed by atoms with Crippen LogP contribution in [0, 0.1) is 6.92 Å². The van der Waals surface area contributed by atoms with E-state index in [1.54, 1.807) is 6.92 Å². The van der Waals surface area contributed by atoms with E-state index in [1.807, 2.05) is 13.8 Å². The first kappa shape index (κ1) is 17.3. The summed E-state index contributed by atoms with van der Waals surface area (Å²) >= 11 is 0. The number of hydrogen-bond acceptors (Lipinski definition) is 7. The van der Waals surface area contributed by atoms with E-state index in [0.29, 0.717) is 11.5 Å². The Balaban J connectivity index is 1.84. The van der Waals surface area contributed by atoms with Crippen molar-refractivity contribution in [1.82, 2.24) is 16.0 Å². The fourth-order valence-electron chi connectivity index (χ4n) is 1.86. The number of amides is 2. The highest BCUT2D eigenvalue weighted by Crippen LogP contribution is 2.22. The van der Waals surface area contributed by atoms with Gasteiger partial charge in [-0.2, -0.15) is 0 Å². The summed E-state index contributed by atoms with van der Waals surface area (Å²) in [7, 11) is 0. The van der Waals surface area contributed by atoms with Crippen molar-refractivity contribution in [2.24, 2.45) is 0 Å². The van der Waals surface area contributed by atoms with Crippen molar-refractivity contribution >= 4 is 17.8 Å². The quantitative estimate of drug-likeness (QED) is 0.623. The van der Waals surface area contributed by atoms with Crippen LogP contribution in [0.15, 0.2) is 27.3 Å². The van der Waals surface area contributed by atoms with Gasteiger partial charge in [0, 0.05) is 5.92 Å². The SMILES string of the molecule is Cc1noc(C(C)C)c1C(=O)OCC(=O)NNC(=O)c1ccco1. The highest BCUT2D eigenvalue weighted by atomic mass is 16.5. The first-order valence-electron chi connectivity index (χ1n) is 7.16. The molecule has 0 unspecified atom stereocenters. The minimum atomic E-state index is -0.718. The summed E-state index contributed by atoms with van der Waals surface area (Å²) in [4.78, 5) is 35.3. The number of aryl methyl sites for hydroxylation is 1. The fraction of sp³-hybridized carbons (Fsp3) is 0.333. The summed E-state index contributed by atoms with van der Waals surface area (Å²) in [5, 5.41) is 3.73. The van der Waals surface area contributed by atoms with Crippen LogP contribution in [0.25, 0.3) is 0 Å². The van der Waals surface area contributed by atoms with Crippen LogP contribution in [-0.2, 0) is 9.53 Å². The molecule has 0 aliphatic rings. The lowest BCUT2D eigenvalue weighted by molar-refractivity contribution is -0.125. The summed E-state index contributed by atoms with van der Waals surface area (Å²) in [5.41, 5.74) is 4.83. The number of nitrogens with one attached hydrogen (secondary N) is 2. The molecular formula is C15H17N3O6. The van der Waals surface area contributed by atoms with E-state index in [0.717, 1.165) is 0 Å². The molecule has 2 amide bonds. The number of carbonyl (C=O) groups is 3. The molecule has 0 spiro atoms. The van der Waals surface area contributed by atoms with Crippen LogP contribution in [0.2, 0.25) is 0 Å². The van der Waals surface area contributed by atoms with Crippen molar-refractivity contribution in [3.8, 4) is 0 Å². The second-order valence-electron chi connectivity index (χ2n) is 5.22. The summed E-state index contributed by atoms with van der Waals surface area (Å²) in [6, 6.07) is 2.97. The number of furan rings is 1. The molecule has 0 saturated carbocycles. The second-order valence-corrected chi connectivity index (χ2v) is 5.22. The van der Waals surface area contributed by atoms with E-state index in [2.05, 4.69) is 16.0 Å². The van der Waals surface area contributed by atoms with E-state index < -0.39 is 24.4 Å². The van der Waals surface area contributed by atoms with Crippen molar-refractivity contribution in [3.63, 3.8) is 0 Å². The molecule has 0 aliphatic carbocycles. The molecule has 9 nitrogen and oxygen atoms in total. The third-order valence-corrected chi connectivity index (χ3v) is 3.01. The smallest absolute Gasteiger partial charge is 0.344 e. The maximum atomic E-state index is 12.1. The lowest BCUT2D eigenvalue weighted by atomic mass is 10.1. The van der Waals surface area contributed by atoms with Gasteiger partial charge in [0.25, 0.3) is 5.91 Å². The van der Waals surface area contributed by atoms with Crippen LogP contribution in [0.1, 0.15) is 52.1 Å². The number of rotatable bonds is 5. The van der Waals surface area contributed by atoms with Gasteiger partial charge in [-0.25, -0.2) is 4.79 Å². The molecule has 0 aromatic carbocycles. The molecular weight excluding hydrogens is 318 g/mol. The van der Waals surface area contributed by atoms with E-state index in [9.17, 15) is 14.4 Å². The number of nitrogens with zero attached hydrogens (tertiary/aromatic N) is 1. The molecule has 0 fully saturated rings. The van der Waals surface area contributed by atoms with Crippen molar-refractivity contribution in [3.05, 3.63) is 41.2 Å². The van der Waals surface area contributed by atoms with Gasteiger partial charge in [-0.05, 0) is 19.1 Å². The maximum absolute atomic E-state index is 12.1. The van der Waals surface area contributed by atoms with Gasteiger partial charge < -0.3 is 13.7 Å². The van der Waals surface area contributed by atoms with Gasteiger partial charge >= 0.3 is 11.9 Å². The molecule has 0 aliphatic heterocycles. The van der Waals surface area contributed by atoms with E-state index in [-0.39, 0.29) is 17.2 Å². The Morgan fingerprint density at radius 2 is 2.04 bits per heavy atom. The highest BCUT2D eigenvalue weighted by molar-refractivity contribution is 5.95. The summed E-state index contributed by atoms with van der Waals surface area (Å²) in [5.74, 6) is -1.68. The van der Waals surface area contributed by atoms with Crippen LogP contribution in [-0.4, -0.2) is 29.5 Å². The van der Waals surface area contributed by atoms with Crippen LogP contribution in [0.3, 0.4) is 0 Å². The topological polar surface area (TPSA) is 124 Å². The lowest BCUT2D eigenvalue weighted by Crippen LogP contribution is -2.43. The van der Waals surface area contributed by atoms with Crippen molar-refractivity contribution in [2.45, 2.75) is 26.7 Å². The Morgan fingerprint density at radius 1 is 1.29 bits per heavy atom. The monoisotopic (exact) mass is 335 g/mol. The molecule has 0 saturated heterocycles. The molecule has 0 bridgehead atoms. The van der Waals surface area contributed by atoms with Gasteiger partial charge in [-0.1, -0.05) is 19.0 Å². The van der Waals surface area contributed by atoms with E-state index in [1.165, 1.54) is 18.4 Å². The zero-order valence-corrected chi connectivity index (χ0v) is 13.4. The fourth-order valence-corrected chi connectivity index (χ4v) is 1.86. The molecule has 2 rings (SSSR count). The minimum absolute atomic E-state index is 0.0361. The molecule has 128 valence electrons. The Bertz CT molecular complexity index is 732. The predicted molar refractivity (Wildman–Crippen MR) is 79.9 cm³/mol. The average molecular weight is 335 g/mol. The Hall–Kier alpha value is -3.10. The number of aromatic nitrogens is 1. The third kappa shape index (κ3) is 4.00. The Kier molecular flexibility index (Phi) is 5.35. The first-order chi connectivity index (χ1) is 11.4. The number of esters is 1. The van der Waals surface area contributed by atoms with E-state index >= 15 is 0 Å². The van der Waals surface area contributed by atoms with Crippen molar-refractivity contribution < 1.29 is 28.1 Å². The summed E-state index contributed by atoms with van der Waals surface area (Å²) < 4.78 is 14.9. The van der Waals surface area contributed by atoms with Crippen molar-refractivity contribution in [2.75, 3.05) is 6.61 Å². The molecule has 2 aromatic heterocycles. The minimum Gasteiger partial charge on any atom is -0.459 e. The molecule has 24 heavy (non-hydrogen) atoms. The third-order valence-electron chi connectivity index (χ3n) is 3.01. The average Bonchev–Trinajstić information content (AvgIpc) is 3.19. The molecule has 2 N–H and O–H groups in total. The van der Waals surface area contributed by atoms with Crippen LogP contribution in [0.5, 0.6) is 0 Å². The summed E-state index contributed by atoms with van der Waals surface area (Å²) in [6.07, 6.45) is 1.33. The van der Waals surface area contributed by atoms with Gasteiger partial charge in [0.15, 0.2) is 18.1 Å². The van der Waals surface area contributed by atoms with Gasteiger partial charge in [-0.3, -0.25) is 20.4 Å². The predicted octanol–water partition coefficient (Wildman–Crippen LogP) is 1.32. The zero-order chi connectivity index (χ0) is 17.7. The number of hydrazine groups is 1. The molecule has 9 heteroatoms. The Morgan fingerprint density at radius 3 is 2.67 bits per heavy atom. The van der Waals surface area contributed by atoms with Gasteiger partial charge in [-0.15, -0.1) is 0 Å². The van der Waals surface area contributed by atoms with Gasteiger partial charge in [0.1, 0.15) is 5.56 Å². The van der Waals surface area contributed by atoms with E-state index in [4.69, 9.17) is 13.7 Å². The first-order valence-corrected chi connectivity index (χ1v) is 7.16. The zero-order valence-electron chi connectivity index (χ0n) is 13.4. The molecule has 0 atom stereocenters. The second kappa shape index (κ2) is 7.44. The van der Waals surface area contributed by atoms with Gasteiger partial charge in [0.2, 0.25) is 0 Å². The highest BCUT2D eigenvalue weighted by Gasteiger charge is 2.24. The van der Waals surface area contributed by atoms with Crippen LogP contribution < -0.4 is 10.9 Å². The molecule has 0 radical (unpaired) electrons. The largest absolute Gasteiger partial charge is 0.459 e. The number of carbonyl (C=O) groups excluding carboxylic acids is 3. The maximum Gasteiger partial charge on any atom is 0.344 e. The van der Waals surface area contributed by atoms with Crippen LogP contribution in [0.4, 0.5) is 0 Å². The number of hydrogen-bond donors (Lipinski definition) is 2. The summed E-state index contributed by atoms with van der Waals surface area (Å²) in [6.45, 7) is 4.72. The molecule has 2 aromatic rings. The normalized spacial score (nSPS) is 10.5.